The molecule has 21 heavy (non-hydrogen) atoms. The third-order valence-corrected chi connectivity index (χ3v) is 4.37. The molecule has 1 aromatic carbocycles. The van der Waals surface area contributed by atoms with Gasteiger partial charge < -0.3 is 15.7 Å². The highest BCUT2D eigenvalue weighted by Crippen LogP contribution is 2.31. The molecule has 0 bridgehead atoms. The zero-order chi connectivity index (χ0) is 15.4. The molecule has 0 aliphatic heterocycles. The first-order valence-corrected chi connectivity index (χ1v) is 7.49. The summed E-state index contributed by atoms with van der Waals surface area (Å²) in [5, 5.41) is 14.3. The van der Waals surface area contributed by atoms with Gasteiger partial charge in [-0.3, -0.25) is 4.79 Å². The molecule has 0 radical (unpaired) electrons. The first kappa shape index (κ1) is 15.8. The van der Waals surface area contributed by atoms with Gasteiger partial charge in [0.1, 0.15) is 5.82 Å². The SMILES string of the molecule is O=C(NCC1CCCC1C(=O)O)Nc1cc(F)ccc1Br. The Morgan fingerprint density at radius 1 is 1.38 bits per heavy atom. The number of benzene rings is 1. The zero-order valence-electron chi connectivity index (χ0n) is 11.2. The topological polar surface area (TPSA) is 78.4 Å². The van der Waals surface area contributed by atoms with Gasteiger partial charge in [0.25, 0.3) is 0 Å². The van der Waals surface area contributed by atoms with Crippen molar-refractivity contribution in [3.63, 3.8) is 0 Å². The Balaban J connectivity index is 1.87. The smallest absolute Gasteiger partial charge is 0.319 e. The van der Waals surface area contributed by atoms with E-state index in [1.807, 2.05) is 0 Å². The van der Waals surface area contributed by atoms with Crippen LogP contribution in [-0.2, 0) is 4.79 Å². The van der Waals surface area contributed by atoms with Crippen molar-refractivity contribution in [3.05, 3.63) is 28.5 Å². The summed E-state index contributed by atoms with van der Waals surface area (Å²) >= 11 is 3.22. The van der Waals surface area contributed by atoms with Crippen molar-refractivity contribution in [1.29, 1.82) is 0 Å². The van der Waals surface area contributed by atoms with Crippen molar-refractivity contribution >= 4 is 33.6 Å². The lowest BCUT2D eigenvalue weighted by Gasteiger charge is -2.17. The minimum atomic E-state index is -0.812. The molecule has 0 spiro atoms. The number of anilines is 1. The lowest BCUT2D eigenvalue weighted by molar-refractivity contribution is -0.142. The third-order valence-electron chi connectivity index (χ3n) is 3.68. The van der Waals surface area contributed by atoms with Crippen LogP contribution >= 0.6 is 15.9 Å². The van der Waals surface area contributed by atoms with Crippen LogP contribution in [0.15, 0.2) is 22.7 Å². The predicted octanol–water partition coefficient (Wildman–Crippen LogP) is 3.21. The highest BCUT2D eigenvalue weighted by Gasteiger charge is 2.32. The van der Waals surface area contributed by atoms with Crippen LogP contribution in [0.5, 0.6) is 0 Å². The Morgan fingerprint density at radius 3 is 2.86 bits per heavy atom. The number of hydrogen-bond donors (Lipinski definition) is 3. The van der Waals surface area contributed by atoms with E-state index in [-0.39, 0.29) is 5.92 Å². The quantitative estimate of drug-likeness (QED) is 0.773. The van der Waals surface area contributed by atoms with Crippen LogP contribution < -0.4 is 10.6 Å². The van der Waals surface area contributed by atoms with E-state index >= 15 is 0 Å². The number of halogens is 2. The molecule has 1 aliphatic carbocycles. The second-order valence-electron chi connectivity index (χ2n) is 5.09. The number of carboxylic acid groups (broad SMARTS) is 1. The fraction of sp³-hybridized carbons (Fsp3) is 0.429. The predicted molar refractivity (Wildman–Crippen MR) is 79.6 cm³/mol. The van der Waals surface area contributed by atoms with Gasteiger partial charge in [-0.15, -0.1) is 0 Å². The highest BCUT2D eigenvalue weighted by molar-refractivity contribution is 9.10. The Morgan fingerprint density at radius 2 is 2.14 bits per heavy atom. The molecule has 1 saturated carbocycles. The molecule has 0 aromatic heterocycles. The molecular weight excluding hydrogens is 343 g/mol. The van der Waals surface area contributed by atoms with Crippen LogP contribution in [0.3, 0.4) is 0 Å². The third kappa shape index (κ3) is 4.17. The van der Waals surface area contributed by atoms with E-state index in [4.69, 9.17) is 5.11 Å². The van der Waals surface area contributed by atoms with E-state index < -0.39 is 23.7 Å². The molecule has 7 heteroatoms. The lowest BCUT2D eigenvalue weighted by Crippen LogP contribution is -2.35. The van der Waals surface area contributed by atoms with Crippen molar-refractivity contribution in [2.24, 2.45) is 11.8 Å². The number of rotatable bonds is 4. The minimum absolute atomic E-state index is 0.0517. The second kappa shape index (κ2) is 6.89. The number of nitrogens with one attached hydrogen (secondary N) is 2. The lowest BCUT2D eigenvalue weighted by atomic mass is 9.96. The van der Waals surface area contributed by atoms with Crippen LogP contribution in [0.4, 0.5) is 14.9 Å². The van der Waals surface area contributed by atoms with Crippen molar-refractivity contribution < 1.29 is 19.1 Å². The highest BCUT2D eigenvalue weighted by atomic mass is 79.9. The summed E-state index contributed by atoms with van der Waals surface area (Å²) in [6.07, 6.45) is 2.31. The summed E-state index contributed by atoms with van der Waals surface area (Å²) in [6.45, 7) is 0.301. The summed E-state index contributed by atoms with van der Waals surface area (Å²) < 4.78 is 13.7. The molecule has 114 valence electrons. The molecule has 2 unspecified atom stereocenters. The van der Waals surface area contributed by atoms with Crippen LogP contribution in [0.25, 0.3) is 0 Å². The maximum atomic E-state index is 13.1. The second-order valence-corrected chi connectivity index (χ2v) is 5.95. The summed E-state index contributed by atoms with van der Waals surface area (Å²) in [5.41, 5.74) is 0.328. The average Bonchev–Trinajstić information content (AvgIpc) is 2.89. The Kier molecular flexibility index (Phi) is 5.17. The van der Waals surface area contributed by atoms with Gasteiger partial charge in [-0.05, 0) is 52.9 Å². The van der Waals surface area contributed by atoms with E-state index in [0.29, 0.717) is 23.1 Å². The van der Waals surface area contributed by atoms with E-state index in [2.05, 4.69) is 26.6 Å². The monoisotopic (exact) mass is 358 g/mol. The summed E-state index contributed by atoms with van der Waals surface area (Å²) in [6, 6.07) is 3.52. The normalized spacial score (nSPS) is 21.0. The van der Waals surface area contributed by atoms with Gasteiger partial charge in [0, 0.05) is 11.0 Å². The summed E-state index contributed by atoms with van der Waals surface area (Å²) in [5.74, 6) is -1.71. The van der Waals surface area contributed by atoms with Crippen molar-refractivity contribution in [2.75, 3.05) is 11.9 Å². The van der Waals surface area contributed by atoms with E-state index in [1.54, 1.807) is 0 Å². The van der Waals surface area contributed by atoms with Crippen LogP contribution in [0.2, 0.25) is 0 Å². The number of amides is 2. The Bertz CT molecular complexity index is 553. The molecule has 1 aliphatic rings. The number of hydrogen-bond acceptors (Lipinski definition) is 2. The van der Waals surface area contributed by atoms with E-state index in [0.717, 1.165) is 12.8 Å². The zero-order valence-corrected chi connectivity index (χ0v) is 12.8. The van der Waals surface area contributed by atoms with Gasteiger partial charge in [-0.1, -0.05) is 6.42 Å². The molecule has 2 amide bonds. The van der Waals surface area contributed by atoms with Gasteiger partial charge in [-0.2, -0.15) is 0 Å². The number of urea groups is 1. The Hall–Kier alpha value is -1.63. The molecule has 5 nitrogen and oxygen atoms in total. The van der Waals surface area contributed by atoms with Gasteiger partial charge >= 0.3 is 12.0 Å². The summed E-state index contributed by atoms with van der Waals surface area (Å²) in [7, 11) is 0. The molecule has 1 aromatic rings. The molecular formula is C14H16BrFN2O3. The molecule has 2 rings (SSSR count). The standard InChI is InChI=1S/C14H16BrFN2O3/c15-11-5-4-9(16)6-12(11)18-14(21)17-7-8-2-1-3-10(8)13(19)20/h4-6,8,10H,1-3,7H2,(H,19,20)(H2,17,18,21). The molecule has 2 atom stereocenters. The van der Waals surface area contributed by atoms with E-state index in [9.17, 15) is 14.0 Å². The largest absolute Gasteiger partial charge is 0.481 e. The van der Waals surface area contributed by atoms with E-state index in [1.165, 1.54) is 18.2 Å². The van der Waals surface area contributed by atoms with Gasteiger partial charge in [0.05, 0.1) is 11.6 Å². The maximum Gasteiger partial charge on any atom is 0.319 e. The fourth-order valence-corrected chi connectivity index (χ4v) is 2.94. The number of aliphatic carboxylic acids is 1. The first-order chi connectivity index (χ1) is 9.97. The van der Waals surface area contributed by atoms with Crippen LogP contribution in [0, 0.1) is 17.7 Å². The molecule has 1 fully saturated rings. The fourth-order valence-electron chi connectivity index (χ4n) is 2.59. The number of carbonyl (C=O) groups excluding carboxylic acids is 1. The molecule has 3 N–H and O–H groups in total. The van der Waals surface area contributed by atoms with Gasteiger partial charge in [-0.25, -0.2) is 9.18 Å². The minimum Gasteiger partial charge on any atom is -0.481 e. The molecule has 0 saturated heterocycles. The van der Waals surface area contributed by atoms with Crippen LogP contribution in [-0.4, -0.2) is 23.7 Å². The average molecular weight is 359 g/mol. The maximum absolute atomic E-state index is 13.1. The van der Waals surface area contributed by atoms with Crippen molar-refractivity contribution in [1.82, 2.24) is 5.32 Å². The van der Waals surface area contributed by atoms with Crippen LogP contribution in [0.1, 0.15) is 19.3 Å². The van der Waals surface area contributed by atoms with Gasteiger partial charge in [0.2, 0.25) is 0 Å². The van der Waals surface area contributed by atoms with Crippen molar-refractivity contribution in [3.8, 4) is 0 Å². The Labute approximate surface area is 130 Å². The van der Waals surface area contributed by atoms with Gasteiger partial charge in [0.15, 0.2) is 0 Å². The number of carboxylic acids is 1. The first-order valence-electron chi connectivity index (χ1n) is 6.70. The van der Waals surface area contributed by atoms with Crippen molar-refractivity contribution in [2.45, 2.75) is 19.3 Å². The molecule has 0 heterocycles. The number of carbonyl (C=O) groups is 2. The summed E-state index contributed by atoms with van der Waals surface area (Å²) in [4.78, 5) is 22.8.